The van der Waals surface area contributed by atoms with Crippen LogP contribution in [-0.2, 0) is 13.1 Å². The second-order valence-corrected chi connectivity index (χ2v) is 8.78. The predicted molar refractivity (Wildman–Crippen MR) is 144 cm³/mol. The van der Waals surface area contributed by atoms with Gasteiger partial charge in [-0.2, -0.15) is 0 Å². The van der Waals surface area contributed by atoms with E-state index in [0.29, 0.717) is 23.8 Å². The molecular weight excluding hydrogens is 529 g/mol. The third kappa shape index (κ3) is 7.38. The van der Waals surface area contributed by atoms with E-state index in [1.54, 1.807) is 26.4 Å². The average Bonchev–Trinajstić information content (AvgIpc) is 3.27. The van der Waals surface area contributed by atoms with Crippen LogP contribution in [0, 0.1) is 6.92 Å². The average molecular weight is 560 g/mol. The number of methoxy groups -OCH3 is 2. The molecule has 0 fully saturated rings. The first-order valence-electron chi connectivity index (χ1n) is 12.2. The van der Waals surface area contributed by atoms with Gasteiger partial charge in [0.15, 0.2) is 5.69 Å². The van der Waals surface area contributed by atoms with Crippen LogP contribution in [-0.4, -0.2) is 48.5 Å². The van der Waals surface area contributed by atoms with Crippen LogP contribution in [0.3, 0.4) is 0 Å². The van der Waals surface area contributed by atoms with Gasteiger partial charge in [-0.1, -0.05) is 30.3 Å². The Bertz CT molecular complexity index is 1500. The number of anilines is 1. The van der Waals surface area contributed by atoms with E-state index in [1.165, 1.54) is 0 Å². The zero-order chi connectivity index (χ0) is 27.9. The number of nitrogens with one attached hydrogen (secondary N) is 1. The minimum Gasteiger partial charge on any atom is -0.496 e. The number of rotatable bonds is 12. The summed E-state index contributed by atoms with van der Waals surface area (Å²) in [6, 6.07) is 16.9. The third-order valence-corrected chi connectivity index (χ3v) is 6.20. The first-order valence-corrected chi connectivity index (χ1v) is 12.2. The molecule has 0 saturated carbocycles. The van der Waals surface area contributed by atoms with Gasteiger partial charge in [-0.05, 0) is 41.3 Å². The third-order valence-electron chi connectivity index (χ3n) is 6.20. The maximum absolute atomic E-state index is 11.6. The van der Waals surface area contributed by atoms with Crippen LogP contribution < -0.4 is 65.5 Å². The molecule has 1 heterocycles. The molecule has 0 spiro atoms. The van der Waals surface area contributed by atoms with Crippen LogP contribution in [0.25, 0.3) is 11.1 Å². The number of hydrogen-bond donors (Lipinski definition) is 3. The molecule has 0 amide bonds. The summed E-state index contributed by atoms with van der Waals surface area (Å²) in [5.41, 5.74) is 4.73. The van der Waals surface area contributed by atoms with E-state index in [2.05, 4.69) is 10.3 Å². The maximum atomic E-state index is 11.6. The molecule has 0 unspecified atom stereocenters. The molecule has 4 aromatic rings. The van der Waals surface area contributed by atoms with Crippen LogP contribution in [0.5, 0.6) is 17.2 Å². The molecule has 0 aliphatic rings. The van der Waals surface area contributed by atoms with Crippen molar-refractivity contribution in [3.63, 3.8) is 0 Å². The predicted octanol–water partition coefficient (Wildman–Crippen LogP) is -0.852. The van der Waals surface area contributed by atoms with Crippen LogP contribution in [0.1, 0.15) is 16.7 Å². The number of aliphatic hydroxyl groups excluding tert-OH is 2. The van der Waals surface area contributed by atoms with E-state index in [-0.39, 0.29) is 42.7 Å². The SMILES string of the molecule is COc1cc(OC[C@H](O)CO)cc(OC)c1-c1cccc(CNc2ccc(Cn3oc(=O)[n-]c3=O)cc2)c1C.[Na+]. The topological polar surface area (TPSA) is 146 Å². The first-order chi connectivity index (χ1) is 18.8. The molecule has 1 atom stereocenters. The van der Waals surface area contributed by atoms with Crippen molar-refractivity contribution >= 4 is 5.69 Å². The summed E-state index contributed by atoms with van der Waals surface area (Å²) in [4.78, 5) is 25.9. The molecule has 3 aromatic carbocycles. The summed E-state index contributed by atoms with van der Waals surface area (Å²) in [7, 11) is 3.13. The Morgan fingerprint density at radius 1 is 1.05 bits per heavy atom. The fourth-order valence-corrected chi connectivity index (χ4v) is 4.11. The maximum Gasteiger partial charge on any atom is 1.00 e. The minimum atomic E-state index is -0.991. The summed E-state index contributed by atoms with van der Waals surface area (Å²) in [5.74, 6) is 0.622. The molecular formula is C28H30N3NaO8. The number of nitrogens with zero attached hydrogens (tertiary/aromatic N) is 2. The summed E-state index contributed by atoms with van der Waals surface area (Å²) in [5, 5.41) is 22.1. The molecule has 3 N–H and O–H groups in total. The van der Waals surface area contributed by atoms with Crippen molar-refractivity contribution in [2.24, 2.45) is 0 Å². The largest absolute Gasteiger partial charge is 1.00 e. The molecule has 0 aliphatic carbocycles. The molecule has 0 bridgehead atoms. The van der Waals surface area contributed by atoms with Gasteiger partial charge in [-0.15, -0.1) is 0 Å². The standard InChI is InChI=1S/C28H31N3O8.Na/c1-17-19(13-29-20-9-7-18(8-10-20)14-31-27(34)30-28(35)39-31)5-4-6-23(17)26-24(36-2)11-22(12-25(26)37-3)38-16-21(33)15-32;/h4-12,21,29,32-33H,13-16H2,1-3H3,(H,30,34,35);/q;+1/p-1/t21-;/m1./s1. The molecule has 40 heavy (non-hydrogen) atoms. The van der Waals surface area contributed by atoms with Gasteiger partial charge in [0.1, 0.15) is 30.0 Å². The summed E-state index contributed by atoms with van der Waals surface area (Å²) < 4.78 is 22.6. The Kier molecular flexibility index (Phi) is 11.1. The van der Waals surface area contributed by atoms with E-state index in [1.807, 2.05) is 49.4 Å². The number of aliphatic hydroxyl groups is 2. The van der Waals surface area contributed by atoms with E-state index >= 15 is 0 Å². The van der Waals surface area contributed by atoms with Crippen LogP contribution in [0.2, 0.25) is 0 Å². The van der Waals surface area contributed by atoms with E-state index < -0.39 is 24.2 Å². The first kappa shape index (κ1) is 31.1. The summed E-state index contributed by atoms with van der Waals surface area (Å²) >= 11 is 0. The second kappa shape index (κ2) is 14.2. The van der Waals surface area contributed by atoms with Crippen LogP contribution in [0.4, 0.5) is 5.69 Å². The van der Waals surface area contributed by atoms with Crippen molar-refractivity contribution in [2.75, 3.05) is 32.8 Å². The van der Waals surface area contributed by atoms with Crippen molar-refractivity contribution in [2.45, 2.75) is 26.1 Å². The van der Waals surface area contributed by atoms with Gasteiger partial charge in [0.2, 0.25) is 0 Å². The molecule has 11 nitrogen and oxygen atoms in total. The van der Waals surface area contributed by atoms with Gasteiger partial charge in [0.05, 0.1) is 26.4 Å². The summed E-state index contributed by atoms with van der Waals surface area (Å²) in [6.07, 6.45) is -0.991. The van der Waals surface area contributed by atoms with Crippen molar-refractivity contribution in [3.05, 3.63) is 92.3 Å². The smallest absolute Gasteiger partial charge is 0.496 e. The monoisotopic (exact) mass is 559 g/mol. The Morgan fingerprint density at radius 3 is 2.30 bits per heavy atom. The van der Waals surface area contributed by atoms with Crippen LogP contribution in [0.15, 0.2) is 68.7 Å². The Balaban J connectivity index is 0.00000441. The number of aromatic nitrogens is 2. The number of benzene rings is 3. The van der Waals surface area contributed by atoms with Crippen molar-refractivity contribution in [3.8, 4) is 28.4 Å². The number of ether oxygens (including phenoxy) is 3. The number of hydrogen-bond acceptors (Lipinski definition) is 9. The van der Waals surface area contributed by atoms with Gasteiger partial charge >= 0.3 is 35.3 Å². The van der Waals surface area contributed by atoms with Crippen molar-refractivity contribution in [1.29, 1.82) is 0 Å². The van der Waals surface area contributed by atoms with E-state index in [9.17, 15) is 14.7 Å². The fourth-order valence-electron chi connectivity index (χ4n) is 4.11. The molecule has 4 rings (SSSR count). The van der Waals surface area contributed by atoms with Crippen LogP contribution >= 0.6 is 0 Å². The molecule has 0 aliphatic heterocycles. The normalized spacial score (nSPS) is 11.4. The Hall–Kier alpha value is -3.48. The molecule has 1 aromatic heterocycles. The van der Waals surface area contributed by atoms with Crippen molar-refractivity contribution < 1.29 is 58.5 Å². The van der Waals surface area contributed by atoms with Gasteiger partial charge in [-0.3, -0.25) is 9.53 Å². The second-order valence-electron chi connectivity index (χ2n) is 8.78. The Labute approximate surface area is 252 Å². The zero-order valence-electron chi connectivity index (χ0n) is 22.8. The van der Waals surface area contributed by atoms with E-state index in [0.717, 1.165) is 38.2 Å². The molecule has 0 radical (unpaired) electrons. The fraction of sp³-hybridized carbons (Fsp3) is 0.286. The zero-order valence-corrected chi connectivity index (χ0v) is 24.8. The Morgan fingerprint density at radius 2 is 1.73 bits per heavy atom. The summed E-state index contributed by atoms with van der Waals surface area (Å²) in [6.45, 7) is 2.22. The van der Waals surface area contributed by atoms with Gasteiger partial charge < -0.3 is 39.2 Å². The quantitative estimate of drug-likeness (QED) is 0.188. The van der Waals surface area contributed by atoms with Crippen molar-refractivity contribution in [1.82, 2.24) is 9.72 Å². The molecule has 12 heteroatoms. The van der Waals surface area contributed by atoms with Gasteiger partial charge in [0, 0.05) is 30.9 Å². The molecule has 0 saturated heterocycles. The van der Waals surface area contributed by atoms with Gasteiger partial charge in [-0.25, -0.2) is 4.79 Å². The minimum absolute atomic E-state index is 0. The van der Waals surface area contributed by atoms with Gasteiger partial charge in [0.25, 0.3) is 0 Å². The molecule has 206 valence electrons. The van der Waals surface area contributed by atoms with E-state index in [4.69, 9.17) is 23.8 Å².